The second-order valence-corrected chi connectivity index (χ2v) is 9.60. The molecule has 1 atom stereocenters. The minimum atomic E-state index is -0.790. The van der Waals surface area contributed by atoms with E-state index in [1.165, 1.54) is 0 Å². The summed E-state index contributed by atoms with van der Waals surface area (Å²) in [6.45, 7) is 3.44. The van der Waals surface area contributed by atoms with Crippen LogP contribution in [0, 0.1) is 6.92 Å². The minimum Gasteiger partial charge on any atom is -0.481 e. The first-order chi connectivity index (χ1) is 18.3. The van der Waals surface area contributed by atoms with Crippen LogP contribution in [0.15, 0.2) is 77.3 Å². The molecule has 1 aliphatic rings. The van der Waals surface area contributed by atoms with Gasteiger partial charge in [0, 0.05) is 16.1 Å². The highest BCUT2D eigenvalue weighted by Crippen LogP contribution is 2.48. The third-order valence-corrected chi connectivity index (χ3v) is 6.99. The van der Waals surface area contributed by atoms with Crippen molar-refractivity contribution >= 4 is 29.4 Å². The number of rotatable bonds is 8. The van der Waals surface area contributed by atoms with Crippen molar-refractivity contribution in [3.8, 4) is 22.8 Å². The number of benzene rings is 3. The molecule has 3 aromatic carbocycles. The van der Waals surface area contributed by atoms with Gasteiger partial charge >= 0.3 is 12.1 Å². The van der Waals surface area contributed by atoms with E-state index in [2.05, 4.69) is 10.5 Å². The van der Waals surface area contributed by atoms with Crippen LogP contribution in [-0.2, 0) is 14.9 Å². The Morgan fingerprint density at radius 1 is 1.03 bits per heavy atom. The van der Waals surface area contributed by atoms with Crippen molar-refractivity contribution < 1.29 is 28.7 Å². The predicted molar refractivity (Wildman–Crippen MR) is 142 cm³/mol. The number of carboxylic acid groups (broad SMARTS) is 1. The van der Waals surface area contributed by atoms with Gasteiger partial charge in [0.25, 0.3) is 0 Å². The zero-order chi connectivity index (χ0) is 26.9. The summed E-state index contributed by atoms with van der Waals surface area (Å²) in [6.07, 6.45) is 0.0852. The first-order valence-corrected chi connectivity index (χ1v) is 12.5. The van der Waals surface area contributed by atoms with Gasteiger partial charge in [0.2, 0.25) is 0 Å². The number of halogens is 1. The number of carbonyl (C=O) groups excluding carboxylic acids is 1. The predicted octanol–water partition coefficient (Wildman–Crippen LogP) is 7.52. The van der Waals surface area contributed by atoms with Crippen molar-refractivity contribution in [2.75, 3.05) is 5.32 Å². The van der Waals surface area contributed by atoms with Gasteiger partial charge in [0.1, 0.15) is 29.0 Å². The number of nitrogens with one attached hydrogen (secondary N) is 1. The summed E-state index contributed by atoms with van der Waals surface area (Å²) < 4.78 is 16.8. The largest absolute Gasteiger partial charge is 0.481 e. The first-order valence-electron chi connectivity index (χ1n) is 12.1. The topological polar surface area (TPSA) is 111 Å². The molecular weight excluding hydrogens is 508 g/mol. The molecule has 4 aromatic rings. The smallest absolute Gasteiger partial charge is 0.412 e. The molecule has 194 valence electrons. The molecule has 2 N–H and O–H groups in total. The number of carbonyl (C=O) groups is 2. The van der Waals surface area contributed by atoms with Gasteiger partial charge in [0.05, 0.1) is 5.41 Å². The zero-order valence-electron chi connectivity index (χ0n) is 20.7. The van der Waals surface area contributed by atoms with E-state index >= 15 is 0 Å². The van der Waals surface area contributed by atoms with Crippen LogP contribution in [0.4, 0.5) is 10.5 Å². The summed E-state index contributed by atoms with van der Waals surface area (Å²) in [7, 11) is 0. The molecule has 38 heavy (non-hydrogen) atoms. The molecule has 0 aliphatic heterocycles. The highest BCUT2D eigenvalue weighted by Gasteiger charge is 2.51. The molecule has 0 radical (unpaired) electrons. The van der Waals surface area contributed by atoms with Crippen LogP contribution < -0.4 is 10.1 Å². The van der Waals surface area contributed by atoms with Gasteiger partial charge in [0.15, 0.2) is 5.76 Å². The fraction of sp³-hybridized carbons (Fsp3) is 0.207. The molecule has 1 heterocycles. The van der Waals surface area contributed by atoms with Gasteiger partial charge in [-0.2, -0.15) is 0 Å². The lowest BCUT2D eigenvalue weighted by Gasteiger charge is -2.15. The molecule has 1 fully saturated rings. The van der Waals surface area contributed by atoms with E-state index in [4.69, 9.17) is 25.6 Å². The summed E-state index contributed by atoms with van der Waals surface area (Å²) in [5.41, 5.74) is 2.29. The van der Waals surface area contributed by atoms with Gasteiger partial charge in [-0.05, 0) is 74.7 Å². The highest BCUT2D eigenvalue weighted by molar-refractivity contribution is 6.31. The van der Waals surface area contributed by atoms with Crippen molar-refractivity contribution in [3.05, 3.63) is 94.7 Å². The number of aromatic nitrogens is 1. The van der Waals surface area contributed by atoms with Crippen molar-refractivity contribution in [1.29, 1.82) is 0 Å². The first kappa shape index (κ1) is 25.4. The monoisotopic (exact) mass is 532 g/mol. The Balaban J connectivity index is 1.25. The zero-order valence-corrected chi connectivity index (χ0v) is 21.5. The van der Waals surface area contributed by atoms with Gasteiger partial charge < -0.3 is 19.1 Å². The molecule has 1 amide bonds. The maximum Gasteiger partial charge on any atom is 0.412 e. The van der Waals surface area contributed by atoms with Gasteiger partial charge in [-0.1, -0.05) is 47.1 Å². The molecule has 0 saturated heterocycles. The molecule has 1 aliphatic carbocycles. The van der Waals surface area contributed by atoms with Crippen LogP contribution in [0.1, 0.15) is 42.8 Å². The number of nitrogens with zero attached hydrogens (tertiary/aromatic N) is 1. The van der Waals surface area contributed by atoms with Crippen molar-refractivity contribution in [2.24, 2.45) is 0 Å². The Hall–Kier alpha value is -4.30. The number of carboxylic acids is 1. The normalized spacial score (nSPS) is 14.4. The lowest BCUT2D eigenvalue weighted by molar-refractivity contribution is -0.140. The number of anilines is 1. The van der Waals surface area contributed by atoms with Gasteiger partial charge in [-0.25, -0.2) is 4.79 Å². The van der Waals surface area contributed by atoms with Crippen LogP contribution >= 0.6 is 11.6 Å². The third kappa shape index (κ3) is 5.08. The summed E-state index contributed by atoms with van der Waals surface area (Å²) in [5, 5.41) is 16.8. The number of hydrogen-bond acceptors (Lipinski definition) is 6. The molecule has 1 aromatic heterocycles. The molecule has 1 unspecified atom stereocenters. The van der Waals surface area contributed by atoms with Gasteiger partial charge in [-0.15, -0.1) is 0 Å². The van der Waals surface area contributed by atoms with Crippen LogP contribution in [0.2, 0.25) is 5.02 Å². The van der Waals surface area contributed by atoms with E-state index in [0.717, 1.165) is 5.56 Å². The highest BCUT2D eigenvalue weighted by atomic mass is 35.5. The molecule has 1 saturated carbocycles. The van der Waals surface area contributed by atoms with E-state index in [-0.39, 0.29) is 0 Å². The molecular formula is C29H25ClN2O6. The summed E-state index contributed by atoms with van der Waals surface area (Å²) in [5.74, 6) is 0.820. The maximum absolute atomic E-state index is 12.6. The number of amides is 1. The lowest BCUT2D eigenvalue weighted by Crippen LogP contribution is -2.19. The Morgan fingerprint density at radius 2 is 1.66 bits per heavy atom. The summed E-state index contributed by atoms with van der Waals surface area (Å²) >= 11 is 6.21. The third-order valence-electron chi connectivity index (χ3n) is 6.65. The number of ether oxygens (including phenoxy) is 2. The maximum atomic E-state index is 12.6. The Bertz CT molecular complexity index is 1480. The SMILES string of the molecule is Cc1onc(-c2ccc(Oc3ccc(C4(C(=O)O)CC4)cc3)cc2)c1NC(=O)OC(C)c1ccccc1Cl. The molecule has 9 heteroatoms. The van der Waals surface area contributed by atoms with Crippen LogP contribution in [0.25, 0.3) is 11.3 Å². The van der Waals surface area contributed by atoms with Crippen LogP contribution in [0.3, 0.4) is 0 Å². The number of hydrogen-bond donors (Lipinski definition) is 2. The summed E-state index contributed by atoms with van der Waals surface area (Å²) in [6, 6.07) is 21.4. The average molecular weight is 533 g/mol. The van der Waals surface area contributed by atoms with E-state index in [1.54, 1.807) is 74.5 Å². The number of aliphatic carboxylic acids is 1. The fourth-order valence-electron chi connectivity index (χ4n) is 4.29. The number of aryl methyl sites for hydroxylation is 1. The van der Waals surface area contributed by atoms with E-state index in [0.29, 0.717) is 57.6 Å². The minimum absolute atomic E-state index is 0.401. The lowest BCUT2D eigenvalue weighted by atomic mass is 9.96. The quantitative estimate of drug-likeness (QED) is 0.241. The molecule has 8 nitrogen and oxygen atoms in total. The standard InChI is InChI=1S/C29H25ClN2O6/c1-17(23-5-3-4-6-24(23)30)36-28(35)31-25-18(2)38-32-26(25)19-7-11-21(12-8-19)37-22-13-9-20(10-14-22)29(15-16-29)27(33)34/h3-14,17H,15-16H2,1-2H3,(H,31,35)(H,33,34). The molecule has 5 rings (SSSR count). The second-order valence-electron chi connectivity index (χ2n) is 9.19. The Kier molecular flexibility index (Phi) is 6.82. The Morgan fingerprint density at radius 3 is 2.26 bits per heavy atom. The summed E-state index contributed by atoms with van der Waals surface area (Å²) in [4.78, 5) is 24.2. The average Bonchev–Trinajstić information content (AvgIpc) is 3.65. The fourth-order valence-corrected chi connectivity index (χ4v) is 4.58. The van der Waals surface area contributed by atoms with E-state index in [9.17, 15) is 14.7 Å². The van der Waals surface area contributed by atoms with Crippen molar-refractivity contribution in [1.82, 2.24) is 5.16 Å². The second kappa shape index (κ2) is 10.2. The van der Waals surface area contributed by atoms with E-state index < -0.39 is 23.6 Å². The van der Waals surface area contributed by atoms with Crippen LogP contribution in [-0.4, -0.2) is 22.3 Å². The molecule has 0 bridgehead atoms. The van der Waals surface area contributed by atoms with Crippen molar-refractivity contribution in [2.45, 2.75) is 38.2 Å². The molecule has 0 spiro atoms. The van der Waals surface area contributed by atoms with Crippen LogP contribution in [0.5, 0.6) is 11.5 Å². The van der Waals surface area contributed by atoms with Gasteiger partial charge in [-0.3, -0.25) is 10.1 Å². The van der Waals surface area contributed by atoms with E-state index in [1.807, 2.05) is 12.1 Å². The Labute approximate surface area is 224 Å². The van der Waals surface area contributed by atoms with Crippen molar-refractivity contribution in [3.63, 3.8) is 0 Å².